The van der Waals surface area contributed by atoms with E-state index in [1.807, 2.05) is 54.6 Å². The summed E-state index contributed by atoms with van der Waals surface area (Å²) in [5, 5.41) is 7.39. The van der Waals surface area contributed by atoms with Crippen molar-refractivity contribution in [2.75, 3.05) is 11.1 Å². The number of benzene rings is 3. The van der Waals surface area contributed by atoms with E-state index < -0.39 is 0 Å². The molecule has 4 rings (SSSR count). The molecule has 0 saturated carbocycles. The first kappa shape index (κ1) is 20.6. The highest BCUT2D eigenvalue weighted by atomic mass is 32.2. The molecular formula is C24H20N4O2S. The van der Waals surface area contributed by atoms with Crippen LogP contribution in [0.1, 0.15) is 15.9 Å². The van der Waals surface area contributed by atoms with Gasteiger partial charge in [0.25, 0.3) is 5.91 Å². The molecule has 0 radical (unpaired) electrons. The van der Waals surface area contributed by atoms with Gasteiger partial charge in [0.1, 0.15) is 11.4 Å². The second kappa shape index (κ2) is 9.86. The van der Waals surface area contributed by atoms with Gasteiger partial charge in [0, 0.05) is 11.9 Å². The summed E-state index contributed by atoms with van der Waals surface area (Å²) >= 11 is 1.34. The maximum Gasteiger partial charge on any atom is 0.253 e. The maximum atomic E-state index is 12.7. The second-order valence-corrected chi connectivity index (χ2v) is 7.71. The molecular weight excluding hydrogens is 408 g/mol. The minimum Gasteiger partial charge on any atom is -0.348 e. The molecule has 2 amide bonds. The van der Waals surface area contributed by atoms with Gasteiger partial charge in [-0.1, -0.05) is 72.4 Å². The molecule has 0 bridgehead atoms. The van der Waals surface area contributed by atoms with E-state index >= 15 is 0 Å². The highest BCUT2D eigenvalue weighted by molar-refractivity contribution is 8.00. The van der Waals surface area contributed by atoms with Gasteiger partial charge >= 0.3 is 0 Å². The number of hydrogen-bond donors (Lipinski definition) is 2. The fraction of sp³-hybridized carbons (Fsp3) is 0.0833. The summed E-state index contributed by atoms with van der Waals surface area (Å²) in [6.45, 7) is 0.415. The van der Waals surface area contributed by atoms with Gasteiger partial charge in [0.2, 0.25) is 5.91 Å². The number of hydrogen-bond acceptors (Lipinski definition) is 5. The van der Waals surface area contributed by atoms with Crippen LogP contribution in [0.2, 0.25) is 0 Å². The van der Waals surface area contributed by atoms with Gasteiger partial charge in [0.15, 0.2) is 0 Å². The quantitative estimate of drug-likeness (QED) is 0.339. The van der Waals surface area contributed by atoms with Crippen LogP contribution in [0.5, 0.6) is 0 Å². The van der Waals surface area contributed by atoms with Gasteiger partial charge < -0.3 is 10.6 Å². The summed E-state index contributed by atoms with van der Waals surface area (Å²) in [6, 6.07) is 24.3. The van der Waals surface area contributed by atoms with Crippen LogP contribution < -0.4 is 10.6 Å². The van der Waals surface area contributed by atoms with Crippen molar-refractivity contribution in [2.45, 2.75) is 11.6 Å². The van der Waals surface area contributed by atoms with Gasteiger partial charge in [-0.2, -0.15) is 0 Å². The zero-order valence-corrected chi connectivity index (χ0v) is 17.4. The summed E-state index contributed by atoms with van der Waals surface area (Å²) in [6.07, 6.45) is 1.49. The standard InChI is InChI=1S/C24H20N4O2S/c29-22(15-31-24-19-11-5-6-12-20(19)26-16-27-24)28-21-13-7-4-10-18(21)23(30)25-14-17-8-2-1-3-9-17/h1-13,16H,14-15H2,(H,25,30)(H,28,29). The Morgan fingerprint density at radius 3 is 2.45 bits per heavy atom. The Morgan fingerprint density at radius 1 is 0.839 bits per heavy atom. The van der Waals surface area contributed by atoms with Crippen molar-refractivity contribution in [1.29, 1.82) is 0 Å². The second-order valence-electron chi connectivity index (χ2n) is 6.75. The fourth-order valence-electron chi connectivity index (χ4n) is 3.08. The van der Waals surface area contributed by atoms with Crippen LogP contribution in [-0.2, 0) is 11.3 Å². The number of nitrogens with zero attached hydrogens (tertiary/aromatic N) is 2. The summed E-state index contributed by atoms with van der Waals surface area (Å²) in [7, 11) is 0. The molecule has 31 heavy (non-hydrogen) atoms. The Bertz CT molecular complexity index is 1210. The lowest BCUT2D eigenvalue weighted by atomic mass is 10.1. The third kappa shape index (κ3) is 5.26. The number of carbonyl (C=O) groups is 2. The van der Waals surface area contributed by atoms with E-state index in [4.69, 9.17) is 0 Å². The lowest BCUT2D eigenvalue weighted by molar-refractivity contribution is -0.113. The molecule has 0 aliphatic rings. The van der Waals surface area contributed by atoms with Crippen LogP contribution in [0.4, 0.5) is 5.69 Å². The lowest BCUT2D eigenvalue weighted by Crippen LogP contribution is -2.25. The van der Waals surface area contributed by atoms with Crippen LogP contribution in [0.3, 0.4) is 0 Å². The minimum atomic E-state index is -0.241. The number of anilines is 1. The average molecular weight is 429 g/mol. The van der Waals surface area contributed by atoms with Crippen LogP contribution in [0, 0.1) is 0 Å². The van der Waals surface area contributed by atoms with E-state index in [1.165, 1.54) is 18.1 Å². The predicted octanol–water partition coefficient (Wildman–Crippen LogP) is 4.29. The molecule has 0 fully saturated rings. The first-order chi connectivity index (χ1) is 15.2. The van der Waals surface area contributed by atoms with Crippen LogP contribution in [-0.4, -0.2) is 27.5 Å². The maximum absolute atomic E-state index is 12.7. The monoisotopic (exact) mass is 428 g/mol. The molecule has 154 valence electrons. The fourth-order valence-corrected chi connectivity index (χ4v) is 3.87. The molecule has 0 aliphatic heterocycles. The largest absolute Gasteiger partial charge is 0.348 e. The van der Waals surface area contributed by atoms with Crippen molar-refractivity contribution in [2.24, 2.45) is 0 Å². The van der Waals surface area contributed by atoms with Crippen LogP contribution >= 0.6 is 11.8 Å². The summed E-state index contributed by atoms with van der Waals surface area (Å²) in [4.78, 5) is 33.8. The van der Waals surface area contributed by atoms with Crippen molar-refractivity contribution >= 4 is 40.2 Å². The highest BCUT2D eigenvalue weighted by Crippen LogP contribution is 2.24. The first-order valence-electron chi connectivity index (χ1n) is 9.74. The Hall–Kier alpha value is -3.71. The number of rotatable bonds is 7. The van der Waals surface area contributed by atoms with E-state index in [-0.39, 0.29) is 17.6 Å². The number of thioether (sulfide) groups is 1. The van der Waals surface area contributed by atoms with E-state index in [0.29, 0.717) is 17.8 Å². The number of carbonyl (C=O) groups excluding carboxylic acids is 2. The molecule has 0 unspecified atom stereocenters. The number of nitrogens with one attached hydrogen (secondary N) is 2. The van der Waals surface area contributed by atoms with Gasteiger partial charge in [-0.05, 0) is 23.8 Å². The van der Waals surface area contributed by atoms with Crippen molar-refractivity contribution in [3.8, 4) is 0 Å². The molecule has 6 nitrogen and oxygen atoms in total. The molecule has 1 heterocycles. The lowest BCUT2D eigenvalue weighted by Gasteiger charge is -2.12. The molecule has 1 aromatic heterocycles. The minimum absolute atomic E-state index is 0.168. The zero-order valence-electron chi connectivity index (χ0n) is 16.6. The Kier molecular flexibility index (Phi) is 6.54. The van der Waals surface area contributed by atoms with Crippen LogP contribution in [0.15, 0.2) is 90.2 Å². The number of para-hydroxylation sites is 2. The Labute approximate surface area is 184 Å². The number of fused-ring (bicyclic) bond motifs is 1. The van der Waals surface area contributed by atoms with E-state index in [1.54, 1.807) is 24.3 Å². The smallest absolute Gasteiger partial charge is 0.253 e. The summed E-state index contributed by atoms with van der Waals surface area (Å²) in [5.41, 5.74) is 2.74. The van der Waals surface area contributed by atoms with Crippen molar-refractivity contribution in [3.63, 3.8) is 0 Å². The van der Waals surface area contributed by atoms with Gasteiger partial charge in [0.05, 0.1) is 22.5 Å². The normalized spacial score (nSPS) is 10.6. The Balaban J connectivity index is 1.40. The van der Waals surface area contributed by atoms with E-state index in [2.05, 4.69) is 20.6 Å². The molecule has 0 atom stereocenters. The van der Waals surface area contributed by atoms with Crippen molar-refractivity contribution in [3.05, 3.63) is 96.3 Å². The van der Waals surface area contributed by atoms with Crippen molar-refractivity contribution in [1.82, 2.24) is 15.3 Å². The van der Waals surface area contributed by atoms with E-state index in [9.17, 15) is 9.59 Å². The topological polar surface area (TPSA) is 84.0 Å². The number of aromatic nitrogens is 2. The van der Waals surface area contributed by atoms with E-state index in [0.717, 1.165) is 21.5 Å². The van der Waals surface area contributed by atoms with Crippen molar-refractivity contribution < 1.29 is 9.59 Å². The SMILES string of the molecule is O=C(CSc1ncnc2ccccc12)Nc1ccccc1C(=O)NCc1ccccc1. The summed E-state index contributed by atoms with van der Waals surface area (Å²) < 4.78 is 0. The van der Waals surface area contributed by atoms with Gasteiger partial charge in [-0.25, -0.2) is 9.97 Å². The van der Waals surface area contributed by atoms with Gasteiger partial charge in [-0.3, -0.25) is 9.59 Å². The summed E-state index contributed by atoms with van der Waals surface area (Å²) in [5.74, 6) is -0.286. The molecule has 0 aliphatic carbocycles. The molecule has 2 N–H and O–H groups in total. The molecule has 3 aromatic carbocycles. The third-order valence-corrected chi connectivity index (χ3v) is 5.59. The molecule has 0 spiro atoms. The molecule has 4 aromatic rings. The Morgan fingerprint density at radius 2 is 1.58 bits per heavy atom. The molecule has 0 saturated heterocycles. The molecule has 7 heteroatoms. The average Bonchev–Trinajstić information content (AvgIpc) is 2.82. The van der Waals surface area contributed by atoms with Crippen LogP contribution in [0.25, 0.3) is 10.9 Å². The number of amides is 2. The zero-order chi connectivity index (χ0) is 21.5. The third-order valence-electron chi connectivity index (χ3n) is 4.59. The van der Waals surface area contributed by atoms with Gasteiger partial charge in [-0.15, -0.1) is 0 Å². The highest BCUT2D eigenvalue weighted by Gasteiger charge is 2.14. The predicted molar refractivity (Wildman–Crippen MR) is 123 cm³/mol. The first-order valence-corrected chi connectivity index (χ1v) is 10.7.